The van der Waals surface area contributed by atoms with Crippen LogP contribution in [0.2, 0.25) is 0 Å². The minimum Gasteiger partial charge on any atom is -0.422 e. The molecule has 21 heavy (non-hydrogen) atoms. The number of fused-ring (bicyclic) bond motifs is 2. The summed E-state index contributed by atoms with van der Waals surface area (Å²) in [7, 11) is 0. The largest absolute Gasteiger partial charge is 0.422 e. The van der Waals surface area contributed by atoms with Gasteiger partial charge in [0, 0.05) is 35.8 Å². The van der Waals surface area contributed by atoms with E-state index in [1.807, 2.05) is 0 Å². The minimum atomic E-state index is -0.662. The standard InChI is InChI=1S/C17H19NO3/c1-10(19)13-9-15(20)21-17-12-5-3-7-18-6-2-4-11(16(12)18)8-14(13)17/h8-10,19H,2-7H2,1H3. The summed E-state index contributed by atoms with van der Waals surface area (Å²) >= 11 is 0. The third-order valence-electron chi connectivity index (χ3n) is 4.71. The first kappa shape index (κ1) is 12.9. The van der Waals surface area contributed by atoms with Crippen molar-refractivity contribution in [3.8, 4) is 0 Å². The van der Waals surface area contributed by atoms with Crippen molar-refractivity contribution in [3.63, 3.8) is 0 Å². The predicted molar refractivity (Wildman–Crippen MR) is 82.0 cm³/mol. The molecule has 0 aliphatic carbocycles. The first-order valence-electron chi connectivity index (χ1n) is 7.70. The minimum absolute atomic E-state index is 0.373. The zero-order valence-electron chi connectivity index (χ0n) is 12.2. The monoisotopic (exact) mass is 285 g/mol. The summed E-state index contributed by atoms with van der Waals surface area (Å²) in [6, 6.07) is 3.55. The molecular formula is C17H19NO3. The summed E-state index contributed by atoms with van der Waals surface area (Å²) in [6.07, 6.45) is 3.60. The van der Waals surface area contributed by atoms with Crippen molar-refractivity contribution in [2.45, 2.75) is 38.7 Å². The van der Waals surface area contributed by atoms with Crippen LogP contribution in [0.3, 0.4) is 0 Å². The summed E-state index contributed by atoms with van der Waals surface area (Å²) in [6.45, 7) is 3.88. The molecule has 1 unspecified atom stereocenters. The molecule has 4 heteroatoms. The molecule has 1 atom stereocenters. The van der Waals surface area contributed by atoms with E-state index in [0.29, 0.717) is 11.1 Å². The number of benzene rings is 1. The molecule has 1 N–H and O–H groups in total. The Bertz CT molecular complexity index is 774. The lowest BCUT2D eigenvalue weighted by Gasteiger charge is -2.37. The van der Waals surface area contributed by atoms with E-state index in [9.17, 15) is 9.90 Å². The van der Waals surface area contributed by atoms with Crippen molar-refractivity contribution in [2.24, 2.45) is 0 Å². The van der Waals surface area contributed by atoms with E-state index in [1.165, 1.54) is 23.7 Å². The van der Waals surface area contributed by atoms with Crippen molar-refractivity contribution in [2.75, 3.05) is 18.0 Å². The molecule has 3 heterocycles. The second kappa shape index (κ2) is 4.60. The molecule has 0 bridgehead atoms. The quantitative estimate of drug-likeness (QED) is 0.818. The van der Waals surface area contributed by atoms with Gasteiger partial charge in [-0.1, -0.05) is 0 Å². The molecule has 0 radical (unpaired) electrons. The Labute approximate surface area is 123 Å². The number of aryl methyl sites for hydroxylation is 2. The van der Waals surface area contributed by atoms with E-state index in [2.05, 4.69) is 11.0 Å². The maximum atomic E-state index is 11.9. The van der Waals surface area contributed by atoms with E-state index < -0.39 is 6.10 Å². The van der Waals surface area contributed by atoms with Crippen LogP contribution in [0.1, 0.15) is 42.6 Å². The smallest absolute Gasteiger partial charge is 0.336 e. The third-order valence-corrected chi connectivity index (χ3v) is 4.71. The van der Waals surface area contributed by atoms with Gasteiger partial charge in [0.05, 0.1) is 6.10 Å². The SMILES string of the molecule is CC(O)c1cc(=O)oc2c3c4c(cc12)CCCN4CCC3. The highest BCUT2D eigenvalue weighted by Gasteiger charge is 2.27. The molecular weight excluding hydrogens is 266 g/mol. The topological polar surface area (TPSA) is 53.7 Å². The Hall–Kier alpha value is -1.81. The van der Waals surface area contributed by atoms with E-state index in [1.54, 1.807) is 6.92 Å². The molecule has 2 aliphatic heterocycles. The average molecular weight is 285 g/mol. The molecule has 1 aromatic heterocycles. The molecule has 2 aromatic rings. The van der Waals surface area contributed by atoms with Gasteiger partial charge in [-0.05, 0) is 49.8 Å². The van der Waals surface area contributed by atoms with E-state index in [4.69, 9.17) is 4.42 Å². The van der Waals surface area contributed by atoms with Crippen LogP contribution in [-0.2, 0) is 12.8 Å². The molecule has 2 aliphatic rings. The number of nitrogens with zero attached hydrogens (tertiary/aromatic N) is 1. The second-order valence-corrected chi connectivity index (χ2v) is 6.13. The molecule has 0 saturated carbocycles. The van der Waals surface area contributed by atoms with Crippen molar-refractivity contribution in [1.29, 1.82) is 0 Å². The Balaban J connectivity index is 2.12. The van der Waals surface area contributed by atoms with E-state index in [-0.39, 0.29) is 5.63 Å². The average Bonchev–Trinajstić information content (AvgIpc) is 2.48. The predicted octanol–water partition coefficient (Wildman–Crippen LogP) is 2.55. The van der Waals surface area contributed by atoms with Gasteiger partial charge in [0.15, 0.2) is 0 Å². The highest BCUT2D eigenvalue weighted by molar-refractivity contribution is 5.90. The Morgan fingerprint density at radius 1 is 1.24 bits per heavy atom. The van der Waals surface area contributed by atoms with Crippen LogP contribution in [-0.4, -0.2) is 18.2 Å². The second-order valence-electron chi connectivity index (χ2n) is 6.13. The fraction of sp³-hybridized carbons (Fsp3) is 0.471. The van der Waals surface area contributed by atoms with Crippen LogP contribution in [0.25, 0.3) is 11.0 Å². The maximum absolute atomic E-state index is 11.9. The molecule has 0 amide bonds. The summed E-state index contributed by atoms with van der Waals surface area (Å²) in [5.74, 6) is 0. The fourth-order valence-electron chi connectivity index (χ4n) is 3.84. The Morgan fingerprint density at radius 3 is 2.76 bits per heavy atom. The highest BCUT2D eigenvalue weighted by atomic mass is 16.4. The number of rotatable bonds is 1. The Kier molecular flexibility index (Phi) is 2.82. The van der Waals surface area contributed by atoms with Gasteiger partial charge < -0.3 is 14.4 Å². The Morgan fingerprint density at radius 2 is 2.00 bits per heavy atom. The first-order chi connectivity index (χ1) is 10.1. The van der Waals surface area contributed by atoms with Gasteiger partial charge in [-0.15, -0.1) is 0 Å². The number of anilines is 1. The third kappa shape index (κ3) is 1.89. The van der Waals surface area contributed by atoms with Crippen LogP contribution >= 0.6 is 0 Å². The van der Waals surface area contributed by atoms with Crippen LogP contribution in [0.15, 0.2) is 21.3 Å². The van der Waals surface area contributed by atoms with Gasteiger partial charge in [-0.25, -0.2) is 4.79 Å². The van der Waals surface area contributed by atoms with Crippen molar-refractivity contribution < 1.29 is 9.52 Å². The van der Waals surface area contributed by atoms with Gasteiger partial charge >= 0.3 is 5.63 Å². The van der Waals surface area contributed by atoms with Gasteiger partial charge in [0.2, 0.25) is 0 Å². The van der Waals surface area contributed by atoms with Crippen LogP contribution in [0.4, 0.5) is 5.69 Å². The lowest BCUT2D eigenvalue weighted by atomic mass is 9.88. The molecule has 1 aromatic carbocycles. The van der Waals surface area contributed by atoms with Crippen molar-refractivity contribution >= 4 is 16.7 Å². The van der Waals surface area contributed by atoms with Crippen LogP contribution in [0, 0.1) is 0 Å². The normalized spacial score (nSPS) is 18.7. The van der Waals surface area contributed by atoms with Gasteiger partial charge in [0.1, 0.15) is 5.58 Å². The van der Waals surface area contributed by atoms with Gasteiger partial charge in [-0.2, -0.15) is 0 Å². The summed E-state index contributed by atoms with van der Waals surface area (Å²) < 4.78 is 5.53. The van der Waals surface area contributed by atoms with Gasteiger partial charge in [-0.3, -0.25) is 0 Å². The van der Waals surface area contributed by atoms with Crippen LogP contribution in [0.5, 0.6) is 0 Å². The molecule has 4 rings (SSSR count). The number of aliphatic hydroxyl groups is 1. The van der Waals surface area contributed by atoms with Crippen molar-refractivity contribution in [3.05, 3.63) is 39.2 Å². The molecule has 4 nitrogen and oxygen atoms in total. The number of hydrogen-bond acceptors (Lipinski definition) is 4. The summed E-state index contributed by atoms with van der Waals surface area (Å²) in [5, 5.41) is 10.9. The summed E-state index contributed by atoms with van der Waals surface area (Å²) in [4.78, 5) is 14.3. The molecule has 0 saturated heterocycles. The number of hydrogen-bond donors (Lipinski definition) is 1. The zero-order chi connectivity index (χ0) is 14.6. The van der Waals surface area contributed by atoms with Crippen LogP contribution < -0.4 is 10.5 Å². The first-order valence-corrected chi connectivity index (χ1v) is 7.70. The molecule has 0 fully saturated rings. The summed E-state index contributed by atoms with van der Waals surface area (Å²) in [5.41, 5.74) is 4.77. The highest BCUT2D eigenvalue weighted by Crippen LogP contribution is 2.40. The maximum Gasteiger partial charge on any atom is 0.336 e. The van der Waals surface area contributed by atoms with Gasteiger partial charge in [0.25, 0.3) is 0 Å². The van der Waals surface area contributed by atoms with Crippen molar-refractivity contribution in [1.82, 2.24) is 0 Å². The van der Waals surface area contributed by atoms with E-state index in [0.717, 1.165) is 43.3 Å². The van der Waals surface area contributed by atoms with E-state index >= 15 is 0 Å². The molecule has 110 valence electrons. The zero-order valence-corrected chi connectivity index (χ0v) is 12.2. The number of aliphatic hydroxyl groups excluding tert-OH is 1. The fourth-order valence-corrected chi connectivity index (χ4v) is 3.84. The molecule has 0 spiro atoms. The lowest BCUT2D eigenvalue weighted by Crippen LogP contribution is -2.34. The lowest BCUT2D eigenvalue weighted by molar-refractivity contribution is 0.200.